The first-order valence-corrected chi connectivity index (χ1v) is 4.17. The molecule has 0 bridgehead atoms. The van der Waals surface area contributed by atoms with Crippen LogP contribution in [0.15, 0.2) is 30.3 Å². The lowest BCUT2D eigenvalue weighted by atomic mass is 10.1. The van der Waals surface area contributed by atoms with Gasteiger partial charge in [0.05, 0.1) is 0 Å². The third kappa shape index (κ3) is 1.79. The molecule has 1 aliphatic rings. The summed E-state index contributed by atoms with van der Waals surface area (Å²) in [6.07, 6.45) is 1.29. The van der Waals surface area contributed by atoms with E-state index in [0.29, 0.717) is 0 Å². The molecule has 1 fully saturated rings. The van der Waals surface area contributed by atoms with Crippen molar-refractivity contribution in [2.45, 2.75) is 12.3 Å². The van der Waals surface area contributed by atoms with Crippen molar-refractivity contribution < 1.29 is 0 Å². The molecule has 1 aromatic carbocycles. The molecule has 0 radical (unpaired) electrons. The van der Waals surface area contributed by atoms with Crippen LogP contribution in [0.3, 0.4) is 0 Å². The Hall–Kier alpha value is -0.530. The predicted molar refractivity (Wildman–Crippen MR) is 53.6 cm³/mol. The smallest absolute Gasteiger partial charge is 0.00428 e. The van der Waals surface area contributed by atoms with Crippen LogP contribution in [0.5, 0.6) is 0 Å². The molecule has 1 nitrogen and oxygen atoms in total. The minimum Gasteiger partial charge on any atom is -0.330 e. The largest absolute Gasteiger partial charge is 0.330 e. The molecule has 2 rings (SSSR count). The summed E-state index contributed by atoms with van der Waals surface area (Å²) in [4.78, 5) is 0. The third-order valence-electron chi connectivity index (χ3n) is 2.45. The van der Waals surface area contributed by atoms with Gasteiger partial charge >= 0.3 is 0 Å². The molecule has 2 atom stereocenters. The summed E-state index contributed by atoms with van der Waals surface area (Å²) < 4.78 is 0. The van der Waals surface area contributed by atoms with Gasteiger partial charge in [-0.2, -0.15) is 0 Å². The predicted octanol–water partition coefficient (Wildman–Crippen LogP) is 2.17. The van der Waals surface area contributed by atoms with Crippen molar-refractivity contribution >= 4 is 12.4 Å². The SMILES string of the molecule is Cl.NC[C@@H]1C[C@@H]1c1ccccc1. The van der Waals surface area contributed by atoms with Crippen LogP contribution in [0.2, 0.25) is 0 Å². The van der Waals surface area contributed by atoms with Crippen molar-refractivity contribution in [1.29, 1.82) is 0 Å². The van der Waals surface area contributed by atoms with Gasteiger partial charge in [0, 0.05) is 0 Å². The van der Waals surface area contributed by atoms with Crippen molar-refractivity contribution in [3.05, 3.63) is 35.9 Å². The lowest BCUT2D eigenvalue weighted by Gasteiger charge is -1.96. The number of halogens is 1. The van der Waals surface area contributed by atoms with Gasteiger partial charge in [-0.15, -0.1) is 12.4 Å². The molecule has 0 heterocycles. The molecule has 0 aliphatic heterocycles. The molecule has 1 aromatic rings. The molecular weight excluding hydrogens is 170 g/mol. The Kier molecular flexibility index (Phi) is 3.12. The van der Waals surface area contributed by atoms with Crippen LogP contribution in [-0.4, -0.2) is 6.54 Å². The number of benzene rings is 1. The van der Waals surface area contributed by atoms with Crippen molar-refractivity contribution in [1.82, 2.24) is 0 Å². The first kappa shape index (κ1) is 9.56. The van der Waals surface area contributed by atoms with Gasteiger partial charge in [0.1, 0.15) is 0 Å². The lowest BCUT2D eigenvalue weighted by molar-refractivity contribution is 0.810. The molecule has 0 aromatic heterocycles. The van der Waals surface area contributed by atoms with E-state index in [2.05, 4.69) is 30.3 Å². The van der Waals surface area contributed by atoms with Gasteiger partial charge in [0.2, 0.25) is 0 Å². The van der Waals surface area contributed by atoms with Gasteiger partial charge in [-0.3, -0.25) is 0 Å². The van der Waals surface area contributed by atoms with Crippen LogP contribution in [0.1, 0.15) is 17.9 Å². The maximum atomic E-state index is 5.56. The van der Waals surface area contributed by atoms with Gasteiger partial charge in [-0.25, -0.2) is 0 Å². The van der Waals surface area contributed by atoms with Crippen LogP contribution in [0.4, 0.5) is 0 Å². The summed E-state index contributed by atoms with van der Waals surface area (Å²) in [7, 11) is 0. The Labute approximate surface area is 79.4 Å². The summed E-state index contributed by atoms with van der Waals surface area (Å²) >= 11 is 0. The van der Waals surface area contributed by atoms with Gasteiger partial charge in [-0.05, 0) is 30.4 Å². The van der Waals surface area contributed by atoms with Crippen molar-refractivity contribution in [3.8, 4) is 0 Å². The fourth-order valence-electron chi connectivity index (χ4n) is 1.62. The Balaban J connectivity index is 0.000000720. The van der Waals surface area contributed by atoms with Crippen LogP contribution >= 0.6 is 12.4 Å². The van der Waals surface area contributed by atoms with E-state index < -0.39 is 0 Å². The minimum atomic E-state index is 0. The fraction of sp³-hybridized carbons (Fsp3) is 0.400. The zero-order valence-corrected chi connectivity index (χ0v) is 7.76. The number of rotatable bonds is 2. The molecule has 1 aliphatic carbocycles. The highest BCUT2D eigenvalue weighted by atomic mass is 35.5. The second-order valence-corrected chi connectivity index (χ2v) is 3.25. The molecule has 2 heteroatoms. The topological polar surface area (TPSA) is 26.0 Å². The maximum Gasteiger partial charge on any atom is -0.00428 e. The van der Waals surface area contributed by atoms with Gasteiger partial charge in [0.25, 0.3) is 0 Å². The van der Waals surface area contributed by atoms with E-state index >= 15 is 0 Å². The zero-order chi connectivity index (χ0) is 7.68. The molecule has 0 saturated heterocycles. The molecule has 2 N–H and O–H groups in total. The first-order chi connectivity index (χ1) is 5.42. The molecule has 12 heavy (non-hydrogen) atoms. The second kappa shape index (κ2) is 3.92. The van der Waals surface area contributed by atoms with Crippen molar-refractivity contribution in [3.63, 3.8) is 0 Å². The van der Waals surface area contributed by atoms with Gasteiger partial charge < -0.3 is 5.73 Å². The second-order valence-electron chi connectivity index (χ2n) is 3.25. The quantitative estimate of drug-likeness (QED) is 0.748. The fourth-order valence-corrected chi connectivity index (χ4v) is 1.62. The molecule has 0 amide bonds. The third-order valence-corrected chi connectivity index (χ3v) is 2.45. The van der Waals surface area contributed by atoms with E-state index in [1.165, 1.54) is 12.0 Å². The van der Waals surface area contributed by atoms with Crippen LogP contribution in [0.25, 0.3) is 0 Å². The number of hydrogen-bond donors (Lipinski definition) is 1. The summed E-state index contributed by atoms with van der Waals surface area (Å²) in [5, 5.41) is 0. The van der Waals surface area contributed by atoms with E-state index in [4.69, 9.17) is 5.73 Å². The number of nitrogens with two attached hydrogens (primary N) is 1. The molecule has 66 valence electrons. The lowest BCUT2D eigenvalue weighted by Crippen LogP contribution is -2.01. The Morgan fingerprint density at radius 2 is 1.92 bits per heavy atom. The van der Waals surface area contributed by atoms with E-state index in [1.54, 1.807) is 0 Å². The average Bonchev–Trinajstić information content (AvgIpc) is 2.85. The minimum absolute atomic E-state index is 0. The van der Waals surface area contributed by atoms with E-state index in [-0.39, 0.29) is 12.4 Å². The molecular formula is C10H14ClN. The highest BCUT2D eigenvalue weighted by Crippen LogP contribution is 2.46. The normalized spacial score (nSPS) is 26.1. The van der Waals surface area contributed by atoms with E-state index in [9.17, 15) is 0 Å². The van der Waals surface area contributed by atoms with Crippen molar-refractivity contribution in [2.24, 2.45) is 11.7 Å². The highest BCUT2D eigenvalue weighted by Gasteiger charge is 2.36. The van der Waals surface area contributed by atoms with E-state index in [1.807, 2.05) is 0 Å². The molecule has 1 saturated carbocycles. The zero-order valence-electron chi connectivity index (χ0n) is 6.94. The molecule has 0 spiro atoms. The summed E-state index contributed by atoms with van der Waals surface area (Å²) in [5.74, 6) is 1.53. The average molecular weight is 184 g/mol. The Morgan fingerprint density at radius 3 is 2.42 bits per heavy atom. The van der Waals surface area contributed by atoms with Crippen LogP contribution in [0, 0.1) is 5.92 Å². The van der Waals surface area contributed by atoms with E-state index in [0.717, 1.165) is 18.4 Å². The Morgan fingerprint density at radius 1 is 1.25 bits per heavy atom. The highest BCUT2D eigenvalue weighted by molar-refractivity contribution is 5.85. The van der Waals surface area contributed by atoms with Gasteiger partial charge in [-0.1, -0.05) is 30.3 Å². The standard InChI is InChI=1S/C10H13N.ClH/c11-7-9-6-10(9)8-4-2-1-3-5-8;/h1-5,9-10H,6-7,11H2;1H/t9-,10+;/m0./s1. The Bertz CT molecular complexity index is 235. The summed E-state index contributed by atoms with van der Waals surface area (Å²) in [5.41, 5.74) is 7.02. The molecule has 0 unspecified atom stereocenters. The van der Waals surface area contributed by atoms with Crippen LogP contribution in [-0.2, 0) is 0 Å². The summed E-state index contributed by atoms with van der Waals surface area (Å²) in [6, 6.07) is 10.6. The maximum absolute atomic E-state index is 5.56. The number of hydrogen-bond acceptors (Lipinski definition) is 1. The van der Waals surface area contributed by atoms with Crippen LogP contribution < -0.4 is 5.73 Å². The summed E-state index contributed by atoms with van der Waals surface area (Å²) in [6.45, 7) is 0.847. The van der Waals surface area contributed by atoms with Crippen molar-refractivity contribution in [2.75, 3.05) is 6.54 Å². The first-order valence-electron chi connectivity index (χ1n) is 4.17. The van der Waals surface area contributed by atoms with Gasteiger partial charge in [0.15, 0.2) is 0 Å². The monoisotopic (exact) mass is 183 g/mol.